The van der Waals surface area contributed by atoms with E-state index in [0.29, 0.717) is 26.4 Å². The monoisotopic (exact) mass is 320 g/mol. The molecule has 0 aromatic rings. The number of aliphatic hydroxyl groups is 2. The average molecular weight is 320 g/mol. The quantitative estimate of drug-likeness (QED) is 0.188. The van der Waals surface area contributed by atoms with Gasteiger partial charge in [0.1, 0.15) is 0 Å². The SMILES string of the molecule is CCCCOC(O)COCCOCCO.O=P(O)(O)O. The number of aliphatic hydroxyl groups excluding tert-OH is 2. The zero-order valence-electron chi connectivity index (χ0n) is 11.6. The van der Waals surface area contributed by atoms with Gasteiger partial charge >= 0.3 is 7.82 Å². The largest absolute Gasteiger partial charge is 0.466 e. The molecule has 0 aromatic heterocycles. The van der Waals surface area contributed by atoms with Crippen LogP contribution in [0.3, 0.4) is 0 Å². The normalized spacial score (nSPS) is 12.7. The Bertz CT molecular complexity index is 225. The van der Waals surface area contributed by atoms with Crippen molar-refractivity contribution in [3.8, 4) is 0 Å². The predicted molar refractivity (Wildman–Crippen MR) is 69.9 cm³/mol. The van der Waals surface area contributed by atoms with Crippen LogP contribution in [-0.2, 0) is 18.8 Å². The van der Waals surface area contributed by atoms with Crippen LogP contribution in [0.4, 0.5) is 0 Å². The Balaban J connectivity index is 0. The second kappa shape index (κ2) is 15.3. The second-order valence-electron chi connectivity index (χ2n) is 3.60. The highest BCUT2D eigenvalue weighted by Crippen LogP contribution is 2.25. The summed E-state index contributed by atoms with van der Waals surface area (Å²) in [5, 5.41) is 17.7. The van der Waals surface area contributed by atoms with E-state index in [0.717, 1.165) is 12.8 Å². The van der Waals surface area contributed by atoms with Crippen molar-refractivity contribution in [1.29, 1.82) is 0 Å². The Morgan fingerprint density at radius 2 is 1.60 bits per heavy atom. The van der Waals surface area contributed by atoms with Crippen molar-refractivity contribution in [2.45, 2.75) is 26.1 Å². The van der Waals surface area contributed by atoms with Crippen LogP contribution in [0.2, 0.25) is 0 Å². The summed E-state index contributed by atoms with van der Waals surface area (Å²) >= 11 is 0. The molecule has 0 aliphatic rings. The minimum absolute atomic E-state index is 0.0166. The molecule has 0 aromatic carbocycles. The maximum Gasteiger partial charge on any atom is 0.466 e. The lowest BCUT2D eigenvalue weighted by atomic mass is 10.4. The van der Waals surface area contributed by atoms with Crippen molar-refractivity contribution in [2.75, 3.05) is 39.6 Å². The molecule has 0 spiro atoms. The summed E-state index contributed by atoms with van der Waals surface area (Å²) < 4.78 is 24.0. The number of unbranched alkanes of at least 4 members (excludes halogenated alkanes) is 1. The average Bonchev–Trinajstić information content (AvgIpc) is 2.32. The van der Waals surface area contributed by atoms with Gasteiger partial charge in [-0.25, -0.2) is 4.57 Å². The number of hydrogen-bond acceptors (Lipinski definition) is 6. The van der Waals surface area contributed by atoms with Gasteiger partial charge < -0.3 is 39.1 Å². The highest BCUT2D eigenvalue weighted by atomic mass is 31.2. The molecule has 1 unspecified atom stereocenters. The molecule has 0 aliphatic heterocycles. The number of ether oxygens (including phenoxy) is 3. The Morgan fingerprint density at radius 1 is 1.05 bits per heavy atom. The highest BCUT2D eigenvalue weighted by Gasteiger charge is 2.03. The van der Waals surface area contributed by atoms with E-state index in [2.05, 4.69) is 6.92 Å². The molecule has 0 amide bonds. The van der Waals surface area contributed by atoms with Gasteiger partial charge in [0.15, 0.2) is 6.29 Å². The van der Waals surface area contributed by atoms with Crippen LogP contribution in [0.1, 0.15) is 19.8 Å². The summed E-state index contributed by atoms with van der Waals surface area (Å²) in [6.45, 7) is 3.93. The topological polar surface area (TPSA) is 146 Å². The van der Waals surface area contributed by atoms with Gasteiger partial charge in [0.2, 0.25) is 0 Å². The molecule has 0 fully saturated rings. The van der Waals surface area contributed by atoms with E-state index in [9.17, 15) is 5.11 Å². The standard InChI is InChI=1S/C10H22O5.H3O4P/c1-2-3-5-15-10(12)9-14-8-7-13-6-4-11;1-5(2,3)4/h10-12H,2-9H2,1H3;(H3,1,2,3,4). The third-order valence-electron chi connectivity index (χ3n) is 1.68. The molecule has 0 bridgehead atoms. The number of hydrogen-bond donors (Lipinski definition) is 5. The van der Waals surface area contributed by atoms with E-state index in [1.165, 1.54) is 0 Å². The first kappa shape index (κ1) is 22.2. The van der Waals surface area contributed by atoms with E-state index in [4.69, 9.17) is 38.6 Å². The minimum atomic E-state index is -4.64. The Hall–Kier alpha value is -0.0900. The van der Waals surface area contributed by atoms with Gasteiger partial charge in [-0.3, -0.25) is 0 Å². The third-order valence-corrected chi connectivity index (χ3v) is 1.68. The van der Waals surface area contributed by atoms with E-state index < -0.39 is 14.1 Å². The van der Waals surface area contributed by atoms with Gasteiger partial charge in [0.05, 0.1) is 33.0 Å². The van der Waals surface area contributed by atoms with Crippen molar-refractivity contribution in [1.82, 2.24) is 0 Å². The maximum atomic E-state index is 9.25. The molecule has 124 valence electrons. The van der Waals surface area contributed by atoms with E-state index in [1.807, 2.05) is 0 Å². The molecule has 0 saturated heterocycles. The van der Waals surface area contributed by atoms with Gasteiger partial charge in [-0.1, -0.05) is 13.3 Å². The maximum absolute atomic E-state index is 9.25. The van der Waals surface area contributed by atoms with Crippen molar-refractivity contribution in [3.05, 3.63) is 0 Å². The fourth-order valence-electron chi connectivity index (χ4n) is 0.880. The van der Waals surface area contributed by atoms with Gasteiger partial charge in [-0.05, 0) is 6.42 Å². The zero-order valence-corrected chi connectivity index (χ0v) is 12.4. The van der Waals surface area contributed by atoms with Crippen molar-refractivity contribution in [3.63, 3.8) is 0 Å². The van der Waals surface area contributed by atoms with Gasteiger partial charge in [-0.2, -0.15) is 0 Å². The molecule has 0 heterocycles. The summed E-state index contributed by atoms with van der Waals surface area (Å²) in [5.41, 5.74) is 0. The zero-order chi connectivity index (χ0) is 15.9. The molecule has 0 saturated carbocycles. The fraction of sp³-hybridized carbons (Fsp3) is 1.00. The first-order valence-electron chi connectivity index (χ1n) is 6.15. The summed E-state index contributed by atoms with van der Waals surface area (Å²) in [6, 6.07) is 0. The molecule has 0 rings (SSSR count). The molecule has 10 heteroatoms. The van der Waals surface area contributed by atoms with Crippen LogP contribution >= 0.6 is 7.82 Å². The summed E-state index contributed by atoms with van der Waals surface area (Å²) in [6.07, 6.45) is 1.13. The van der Waals surface area contributed by atoms with Crippen LogP contribution in [-0.4, -0.2) is 70.8 Å². The number of rotatable bonds is 11. The van der Waals surface area contributed by atoms with Crippen molar-refractivity contribution >= 4 is 7.82 Å². The van der Waals surface area contributed by atoms with E-state index in [1.54, 1.807) is 0 Å². The molecule has 1 atom stereocenters. The molecule has 5 N–H and O–H groups in total. The van der Waals surface area contributed by atoms with Gasteiger partial charge in [-0.15, -0.1) is 0 Å². The summed E-state index contributed by atoms with van der Waals surface area (Å²) in [4.78, 5) is 21.6. The summed E-state index contributed by atoms with van der Waals surface area (Å²) in [7, 11) is -4.64. The first-order chi connectivity index (χ1) is 9.31. The molecular formula is C10H25O9P. The van der Waals surface area contributed by atoms with Gasteiger partial charge in [0, 0.05) is 6.61 Å². The predicted octanol–water partition coefficient (Wildman–Crippen LogP) is -0.782. The Morgan fingerprint density at radius 3 is 2.10 bits per heavy atom. The Kier molecular flexibility index (Phi) is 17.0. The Labute approximate surface area is 118 Å². The molecule has 0 radical (unpaired) electrons. The number of phosphoric acid groups is 1. The summed E-state index contributed by atoms with van der Waals surface area (Å²) in [5.74, 6) is 0. The molecule has 0 aliphatic carbocycles. The van der Waals surface area contributed by atoms with Crippen LogP contribution in [0, 0.1) is 0 Å². The third kappa shape index (κ3) is 30.7. The van der Waals surface area contributed by atoms with Crippen LogP contribution in [0.25, 0.3) is 0 Å². The lowest BCUT2D eigenvalue weighted by Gasteiger charge is -2.12. The highest BCUT2D eigenvalue weighted by molar-refractivity contribution is 7.45. The minimum Gasteiger partial charge on any atom is -0.394 e. The van der Waals surface area contributed by atoms with Crippen LogP contribution in [0.5, 0.6) is 0 Å². The molecular weight excluding hydrogens is 295 g/mol. The first-order valence-corrected chi connectivity index (χ1v) is 7.72. The molecule has 20 heavy (non-hydrogen) atoms. The van der Waals surface area contributed by atoms with Crippen molar-refractivity contribution in [2.24, 2.45) is 0 Å². The molecule has 9 nitrogen and oxygen atoms in total. The smallest absolute Gasteiger partial charge is 0.394 e. The second-order valence-corrected chi connectivity index (χ2v) is 4.63. The lowest BCUT2D eigenvalue weighted by Crippen LogP contribution is -2.21. The van der Waals surface area contributed by atoms with Crippen LogP contribution in [0.15, 0.2) is 0 Å². The lowest BCUT2D eigenvalue weighted by molar-refractivity contribution is -0.141. The van der Waals surface area contributed by atoms with Gasteiger partial charge in [0.25, 0.3) is 0 Å². The van der Waals surface area contributed by atoms with E-state index in [-0.39, 0.29) is 13.2 Å². The van der Waals surface area contributed by atoms with Crippen molar-refractivity contribution < 1.29 is 43.7 Å². The van der Waals surface area contributed by atoms with E-state index >= 15 is 0 Å². The fourth-order valence-corrected chi connectivity index (χ4v) is 0.880. The van der Waals surface area contributed by atoms with Crippen LogP contribution < -0.4 is 0 Å².